The zero-order chi connectivity index (χ0) is 23.7. The number of ether oxygens (including phenoxy) is 1. The first-order valence-corrected chi connectivity index (χ1v) is 11.9. The maximum atomic E-state index is 13.5. The highest BCUT2D eigenvalue weighted by atomic mass is 35.5. The van der Waals surface area contributed by atoms with E-state index in [4.69, 9.17) is 27.9 Å². The fourth-order valence-corrected chi connectivity index (χ4v) is 5.03. The van der Waals surface area contributed by atoms with Crippen LogP contribution in [-0.2, 0) is 17.6 Å². The van der Waals surface area contributed by atoms with Crippen molar-refractivity contribution in [1.82, 2.24) is 9.88 Å². The van der Waals surface area contributed by atoms with Gasteiger partial charge in [0.2, 0.25) is 12.8 Å². The van der Waals surface area contributed by atoms with Crippen molar-refractivity contribution >= 4 is 40.0 Å². The lowest BCUT2D eigenvalue weighted by molar-refractivity contribution is -0.133. The molecule has 1 aliphatic rings. The molecule has 0 aliphatic carbocycles. The number of amides is 1. The van der Waals surface area contributed by atoms with Gasteiger partial charge >= 0.3 is 0 Å². The first-order valence-electron chi connectivity index (χ1n) is 11.2. The number of halogens is 3. The van der Waals surface area contributed by atoms with Gasteiger partial charge in [0.1, 0.15) is 5.75 Å². The first kappa shape index (κ1) is 22.8. The maximum absolute atomic E-state index is 13.5. The molecule has 1 aromatic heterocycles. The quantitative estimate of drug-likeness (QED) is 0.316. The van der Waals surface area contributed by atoms with Crippen molar-refractivity contribution in [2.75, 3.05) is 13.4 Å². The average Bonchev–Trinajstić information content (AvgIpc) is 3.21. The zero-order valence-electron chi connectivity index (χ0n) is 18.4. The number of nitrogens with one attached hydrogen (secondary N) is 1. The van der Waals surface area contributed by atoms with Gasteiger partial charge in [-0.15, -0.1) is 0 Å². The lowest BCUT2D eigenvalue weighted by Gasteiger charge is -2.36. The molecule has 34 heavy (non-hydrogen) atoms. The summed E-state index contributed by atoms with van der Waals surface area (Å²) in [6, 6.07) is 20.4. The van der Waals surface area contributed by atoms with Gasteiger partial charge in [0.25, 0.3) is 0 Å². The van der Waals surface area contributed by atoms with E-state index in [0.717, 1.165) is 34.1 Å². The molecule has 174 valence electrons. The van der Waals surface area contributed by atoms with Crippen LogP contribution >= 0.6 is 23.2 Å². The number of nitrogens with zero attached hydrogens (tertiary/aromatic N) is 1. The van der Waals surface area contributed by atoms with E-state index in [0.29, 0.717) is 35.2 Å². The number of aryl methyl sites for hydroxylation is 1. The van der Waals surface area contributed by atoms with E-state index in [1.54, 1.807) is 12.1 Å². The largest absolute Gasteiger partial charge is 0.463 e. The van der Waals surface area contributed by atoms with Crippen LogP contribution in [0.25, 0.3) is 10.9 Å². The molecule has 4 nitrogen and oxygen atoms in total. The predicted octanol–water partition coefficient (Wildman–Crippen LogP) is 6.89. The van der Waals surface area contributed by atoms with Crippen LogP contribution in [0, 0.1) is 0 Å². The summed E-state index contributed by atoms with van der Waals surface area (Å²) in [6.07, 6.45) is 1.77. The van der Waals surface area contributed by atoms with E-state index in [1.165, 1.54) is 5.56 Å². The molecule has 1 amide bonds. The molecule has 0 radical (unpaired) electrons. The number of alkyl halides is 1. The van der Waals surface area contributed by atoms with Crippen molar-refractivity contribution in [3.8, 4) is 5.75 Å². The summed E-state index contributed by atoms with van der Waals surface area (Å²) in [5.41, 5.74) is 5.16. The Morgan fingerprint density at radius 3 is 2.50 bits per heavy atom. The highest BCUT2D eigenvalue weighted by Crippen LogP contribution is 2.39. The molecule has 0 bridgehead atoms. The lowest BCUT2D eigenvalue weighted by atomic mass is 9.91. The minimum absolute atomic E-state index is 0.0753. The SMILES string of the molecule is O=C(CCc1ccc(Cl)cc1)N1CCc2c([nH]c3ccc(Cl)cc23)C1c1ccc(OCF)cc1. The van der Waals surface area contributed by atoms with Crippen LogP contribution in [0.5, 0.6) is 5.75 Å². The third-order valence-electron chi connectivity index (χ3n) is 6.37. The number of aromatic nitrogens is 1. The predicted molar refractivity (Wildman–Crippen MR) is 133 cm³/mol. The standard InChI is InChI=1S/C27H23Cl2FN2O2/c28-19-6-1-17(2-7-19)3-12-25(33)32-14-13-22-23-15-20(29)8-11-24(23)31-26(22)27(32)18-4-9-21(10-5-18)34-16-30/h1-2,4-11,15,27,31H,3,12-14,16H2. The van der Waals surface area contributed by atoms with Crippen molar-refractivity contribution in [3.63, 3.8) is 0 Å². The van der Waals surface area contributed by atoms with Crippen LogP contribution in [0.1, 0.15) is 34.8 Å². The molecule has 0 saturated heterocycles. The van der Waals surface area contributed by atoms with Crippen molar-refractivity contribution in [1.29, 1.82) is 0 Å². The Morgan fingerprint density at radius 2 is 1.76 bits per heavy atom. The summed E-state index contributed by atoms with van der Waals surface area (Å²) in [4.78, 5) is 18.9. The number of benzene rings is 3. The molecule has 1 atom stereocenters. The number of H-pyrrole nitrogens is 1. The molecule has 7 heteroatoms. The number of rotatable bonds is 6. The first-order chi connectivity index (χ1) is 16.5. The molecule has 2 heterocycles. The van der Waals surface area contributed by atoms with E-state index in [-0.39, 0.29) is 11.9 Å². The number of hydrogen-bond donors (Lipinski definition) is 1. The Labute approximate surface area is 207 Å². The van der Waals surface area contributed by atoms with Gasteiger partial charge < -0.3 is 14.6 Å². The number of hydrogen-bond acceptors (Lipinski definition) is 2. The van der Waals surface area contributed by atoms with Gasteiger partial charge in [-0.3, -0.25) is 4.79 Å². The topological polar surface area (TPSA) is 45.3 Å². The highest BCUT2D eigenvalue weighted by Gasteiger charge is 2.34. The second kappa shape index (κ2) is 9.69. The van der Waals surface area contributed by atoms with Crippen LogP contribution in [0.2, 0.25) is 10.0 Å². The molecule has 3 aromatic carbocycles. The van der Waals surface area contributed by atoms with Gasteiger partial charge in [0.15, 0.2) is 0 Å². The molecule has 0 saturated carbocycles. The fourth-order valence-electron chi connectivity index (χ4n) is 4.73. The second-order valence-electron chi connectivity index (χ2n) is 8.40. The normalized spacial score (nSPS) is 15.4. The molecular formula is C27H23Cl2FN2O2. The van der Waals surface area contributed by atoms with Gasteiger partial charge in [-0.25, -0.2) is 4.39 Å². The molecular weight excluding hydrogens is 474 g/mol. The summed E-state index contributed by atoms with van der Waals surface area (Å²) in [7, 11) is 0. The Balaban J connectivity index is 1.49. The summed E-state index contributed by atoms with van der Waals surface area (Å²) in [5, 5.41) is 2.44. The van der Waals surface area contributed by atoms with Crippen molar-refractivity contribution in [2.24, 2.45) is 0 Å². The molecule has 5 rings (SSSR count). The molecule has 4 aromatic rings. The van der Waals surface area contributed by atoms with Gasteiger partial charge in [0, 0.05) is 39.6 Å². The summed E-state index contributed by atoms with van der Waals surface area (Å²) >= 11 is 12.3. The summed E-state index contributed by atoms with van der Waals surface area (Å²) < 4.78 is 17.6. The lowest BCUT2D eigenvalue weighted by Crippen LogP contribution is -2.40. The minimum Gasteiger partial charge on any atom is -0.463 e. The Morgan fingerprint density at radius 1 is 1.03 bits per heavy atom. The maximum Gasteiger partial charge on any atom is 0.228 e. The molecule has 0 fully saturated rings. The van der Waals surface area contributed by atoms with Crippen molar-refractivity contribution in [3.05, 3.63) is 99.2 Å². The molecule has 0 spiro atoms. The molecule has 1 aliphatic heterocycles. The van der Waals surface area contributed by atoms with Crippen LogP contribution in [0.3, 0.4) is 0 Å². The third kappa shape index (κ3) is 4.50. The molecule has 1 unspecified atom stereocenters. The van der Waals surface area contributed by atoms with E-state index in [9.17, 15) is 9.18 Å². The fraction of sp³-hybridized carbons (Fsp3) is 0.222. The minimum atomic E-state index is -0.884. The van der Waals surface area contributed by atoms with Crippen molar-refractivity contribution < 1.29 is 13.9 Å². The van der Waals surface area contributed by atoms with Crippen LogP contribution in [-0.4, -0.2) is 29.2 Å². The average molecular weight is 497 g/mol. The van der Waals surface area contributed by atoms with Crippen LogP contribution < -0.4 is 4.74 Å². The van der Waals surface area contributed by atoms with Gasteiger partial charge in [-0.05, 0) is 72.0 Å². The number of fused-ring (bicyclic) bond motifs is 3. The van der Waals surface area contributed by atoms with E-state index >= 15 is 0 Å². The molecule has 1 N–H and O–H groups in total. The Bertz CT molecular complexity index is 1320. The van der Waals surface area contributed by atoms with Crippen LogP contribution in [0.4, 0.5) is 4.39 Å². The van der Waals surface area contributed by atoms with Crippen LogP contribution in [0.15, 0.2) is 66.7 Å². The van der Waals surface area contributed by atoms with E-state index in [1.807, 2.05) is 59.5 Å². The smallest absolute Gasteiger partial charge is 0.228 e. The highest BCUT2D eigenvalue weighted by molar-refractivity contribution is 6.31. The van der Waals surface area contributed by atoms with E-state index in [2.05, 4.69) is 4.98 Å². The number of aromatic amines is 1. The zero-order valence-corrected chi connectivity index (χ0v) is 19.9. The van der Waals surface area contributed by atoms with Crippen molar-refractivity contribution in [2.45, 2.75) is 25.3 Å². The van der Waals surface area contributed by atoms with Gasteiger partial charge in [-0.1, -0.05) is 47.5 Å². The Hall–Kier alpha value is -3.02. The number of carbonyl (C=O) groups is 1. The van der Waals surface area contributed by atoms with Gasteiger partial charge in [-0.2, -0.15) is 0 Å². The third-order valence-corrected chi connectivity index (χ3v) is 6.85. The monoisotopic (exact) mass is 496 g/mol. The van der Waals surface area contributed by atoms with E-state index < -0.39 is 6.86 Å². The van der Waals surface area contributed by atoms with Gasteiger partial charge in [0.05, 0.1) is 6.04 Å². The summed E-state index contributed by atoms with van der Waals surface area (Å²) in [6.45, 7) is -0.287. The number of carbonyl (C=O) groups excluding carboxylic acids is 1. The Kier molecular flexibility index (Phi) is 6.48. The second-order valence-corrected chi connectivity index (χ2v) is 9.27. The summed E-state index contributed by atoms with van der Waals surface area (Å²) in [5.74, 6) is 0.526.